The molecule has 0 radical (unpaired) electrons. The summed E-state index contributed by atoms with van der Waals surface area (Å²) in [5.41, 5.74) is 6.22. The number of phenols is 2. The maximum atomic E-state index is 13.8. The first-order valence-electron chi connectivity index (χ1n) is 22.5. The molecule has 63 heavy (non-hydrogen) atoms. The summed E-state index contributed by atoms with van der Waals surface area (Å²) in [7, 11) is 0. The number of hydrogen-bond acceptors (Lipinski definition) is 9. The van der Waals surface area contributed by atoms with Gasteiger partial charge in [0, 0.05) is 47.2 Å². The van der Waals surface area contributed by atoms with E-state index < -0.39 is 41.3 Å². The van der Waals surface area contributed by atoms with Gasteiger partial charge in [-0.1, -0.05) is 58.8 Å². The number of aliphatic hydroxyl groups is 2. The summed E-state index contributed by atoms with van der Waals surface area (Å²) in [4.78, 5) is 28.3. The number of aromatic hydroxyl groups is 2. The Morgan fingerprint density at radius 3 is 1.86 bits per heavy atom. The lowest BCUT2D eigenvalue weighted by Gasteiger charge is -2.41. The van der Waals surface area contributed by atoms with E-state index in [0.717, 1.165) is 37.7 Å². The minimum absolute atomic E-state index is 0.0114. The molecule has 5 atom stereocenters. The number of rotatable bonds is 19. The quantitative estimate of drug-likeness (QED) is 0.0451. The molecule has 3 aliphatic heterocycles. The number of amides is 1. The van der Waals surface area contributed by atoms with Crippen LogP contribution in [-0.2, 0) is 24.2 Å². The lowest BCUT2D eigenvalue weighted by molar-refractivity contribution is -0.142. The molecule has 5 rings (SSSR count). The first-order chi connectivity index (χ1) is 29.7. The number of nitrogens with one attached hydrogen (secondary N) is 1. The van der Waals surface area contributed by atoms with Crippen molar-refractivity contribution in [2.75, 3.05) is 6.54 Å². The minimum Gasteiger partial charge on any atom is -0.508 e. The second-order valence-electron chi connectivity index (χ2n) is 18.9. The minimum atomic E-state index is -1.17. The van der Waals surface area contributed by atoms with Crippen molar-refractivity contribution in [2.45, 2.75) is 175 Å². The highest BCUT2D eigenvalue weighted by Gasteiger charge is 2.46. The summed E-state index contributed by atoms with van der Waals surface area (Å²) < 4.78 is 13.1. The van der Waals surface area contributed by atoms with E-state index in [1.807, 2.05) is 20.8 Å². The van der Waals surface area contributed by atoms with Crippen LogP contribution in [0.3, 0.4) is 0 Å². The Bertz CT molecular complexity index is 2180. The lowest BCUT2D eigenvalue weighted by atomic mass is 9.84. The van der Waals surface area contributed by atoms with Crippen molar-refractivity contribution < 1.29 is 44.6 Å². The Balaban J connectivity index is 1.22. The number of allylic oxidation sites excluding steroid dienone is 8. The van der Waals surface area contributed by atoms with E-state index in [4.69, 9.17) is 21.7 Å². The van der Waals surface area contributed by atoms with Gasteiger partial charge in [-0.05, 0) is 139 Å². The zero-order valence-electron chi connectivity index (χ0n) is 38.8. The van der Waals surface area contributed by atoms with Gasteiger partial charge in [0.1, 0.15) is 45.2 Å². The van der Waals surface area contributed by atoms with Crippen molar-refractivity contribution in [2.24, 2.45) is 0 Å². The van der Waals surface area contributed by atoms with Gasteiger partial charge in [-0.3, -0.25) is 4.79 Å². The number of carbonyl (C=O) groups excluding carboxylic acids is 1. The first-order valence-corrected chi connectivity index (χ1v) is 22.9. The maximum Gasteiger partial charge on any atom is 0.326 e. The number of thiocarbonyl (C=S) groups is 1. The Kier molecular flexibility index (Phi) is 16.4. The highest BCUT2D eigenvalue weighted by molar-refractivity contribution is 7.80. The molecule has 0 saturated heterocycles. The summed E-state index contributed by atoms with van der Waals surface area (Å²) in [5.74, 6) is -0.996. The Hall–Kier alpha value is -4.65. The molecule has 3 aliphatic rings. The Morgan fingerprint density at radius 1 is 0.825 bits per heavy atom. The Morgan fingerprint density at radius 2 is 1.33 bits per heavy atom. The largest absolute Gasteiger partial charge is 0.508 e. The van der Waals surface area contributed by atoms with Crippen LogP contribution in [0.1, 0.15) is 158 Å². The second-order valence-corrected chi connectivity index (χ2v) is 19.3. The molecule has 0 aliphatic carbocycles. The van der Waals surface area contributed by atoms with Crippen molar-refractivity contribution >= 4 is 29.1 Å². The molecule has 11 nitrogen and oxygen atoms in total. The standard InChI is InChI=1S/C51H70N2O9S/c1-30(2)15-10-17-32(5)19-12-22-50(8)43(56)27-37-41(54)25-35(34(7)45(37)61-50)47(63)52-24-14-21-40(49(59)60)53-29-39-36(48(53)58)26-42(55)38-28-44(57)51(9,62-46(38)39)23-13-20-33(6)18-11-16-31(3)4/h15-16,19-20,25-26,40,43-44,54-57H,10-14,17-18,21-24,27-29H2,1-9H3,(H,52,63)(H,59,60)/b32-19+,33-20+/t40-,43-,44-,50+,51+/m0/s1. The van der Waals surface area contributed by atoms with E-state index in [1.165, 1.54) is 33.3 Å². The van der Waals surface area contributed by atoms with E-state index in [9.17, 15) is 35.1 Å². The van der Waals surface area contributed by atoms with Crippen molar-refractivity contribution in [3.05, 3.63) is 92.1 Å². The lowest BCUT2D eigenvalue weighted by Crippen LogP contribution is -2.49. The van der Waals surface area contributed by atoms with E-state index in [2.05, 4.69) is 71.2 Å². The maximum absolute atomic E-state index is 13.8. The van der Waals surface area contributed by atoms with Crippen LogP contribution in [0.5, 0.6) is 23.0 Å². The van der Waals surface area contributed by atoms with Crippen molar-refractivity contribution in [1.29, 1.82) is 0 Å². The van der Waals surface area contributed by atoms with Crippen LogP contribution in [0.2, 0.25) is 0 Å². The van der Waals surface area contributed by atoms with Gasteiger partial charge in [-0.2, -0.15) is 0 Å². The summed E-state index contributed by atoms with van der Waals surface area (Å²) in [5, 5.41) is 58.1. The zero-order valence-corrected chi connectivity index (χ0v) is 39.6. The SMILES string of the molecule is CC(C)=CCC/C(C)=C/CC[C@@]1(C)Oc2c(C)c(C(=S)NCCC[C@@H](C(=O)O)N3Cc4c(cc(O)c5c4O[C@](C)(CC/C=C(\C)CCC=C(C)C)[C@@H](O)C5)C3=O)cc(O)c2C[C@@H]1O. The number of aliphatic carboxylic acids is 1. The predicted molar refractivity (Wildman–Crippen MR) is 252 cm³/mol. The fourth-order valence-corrected chi connectivity index (χ4v) is 9.18. The van der Waals surface area contributed by atoms with Crippen LogP contribution < -0.4 is 14.8 Å². The van der Waals surface area contributed by atoms with Gasteiger partial charge in [-0.25, -0.2) is 4.79 Å². The number of benzene rings is 2. The van der Waals surface area contributed by atoms with Crippen LogP contribution in [-0.4, -0.2) is 83.3 Å². The molecule has 1 amide bonds. The molecule has 2 aromatic carbocycles. The van der Waals surface area contributed by atoms with Crippen molar-refractivity contribution in [3.8, 4) is 23.0 Å². The molecule has 3 heterocycles. The van der Waals surface area contributed by atoms with Crippen LogP contribution in [0.25, 0.3) is 0 Å². The molecule has 12 heteroatoms. The summed E-state index contributed by atoms with van der Waals surface area (Å²) >= 11 is 5.79. The number of phenolic OH excluding ortho intramolecular Hbond substituents is 2. The smallest absolute Gasteiger partial charge is 0.326 e. The highest BCUT2D eigenvalue weighted by Crippen LogP contribution is 2.47. The van der Waals surface area contributed by atoms with Gasteiger partial charge >= 0.3 is 5.97 Å². The molecule has 0 bridgehead atoms. The van der Waals surface area contributed by atoms with Gasteiger partial charge in [0.15, 0.2) is 0 Å². The average molecular weight is 887 g/mol. The molecule has 344 valence electrons. The third-order valence-electron chi connectivity index (χ3n) is 13.1. The van der Waals surface area contributed by atoms with Gasteiger partial charge in [0.2, 0.25) is 0 Å². The number of hydrogen-bond donors (Lipinski definition) is 6. The number of carboxylic acid groups (broad SMARTS) is 1. The van der Waals surface area contributed by atoms with Crippen LogP contribution in [0.4, 0.5) is 0 Å². The third-order valence-corrected chi connectivity index (χ3v) is 13.4. The van der Waals surface area contributed by atoms with Gasteiger partial charge in [0.05, 0.1) is 24.3 Å². The van der Waals surface area contributed by atoms with Crippen LogP contribution in [0.15, 0.2) is 58.7 Å². The van der Waals surface area contributed by atoms with Crippen molar-refractivity contribution in [1.82, 2.24) is 10.2 Å². The van der Waals surface area contributed by atoms with Gasteiger partial charge < -0.3 is 45.2 Å². The number of fused-ring (bicyclic) bond motifs is 4. The summed E-state index contributed by atoms with van der Waals surface area (Å²) in [6, 6.07) is 1.78. The zero-order chi connectivity index (χ0) is 46.4. The van der Waals surface area contributed by atoms with Gasteiger partial charge in [-0.15, -0.1) is 0 Å². The topological polar surface area (TPSA) is 169 Å². The average Bonchev–Trinajstić information content (AvgIpc) is 3.52. The third kappa shape index (κ3) is 11.7. The molecule has 0 unspecified atom stereocenters. The molecule has 2 aromatic rings. The fraction of sp³-hybridized carbons (Fsp3) is 0.549. The molecule has 0 saturated carbocycles. The molecule has 0 spiro atoms. The highest BCUT2D eigenvalue weighted by atomic mass is 32.1. The number of aliphatic hydroxyl groups excluding tert-OH is 2. The number of nitrogens with zero attached hydrogens (tertiary/aromatic N) is 1. The fourth-order valence-electron chi connectivity index (χ4n) is 8.87. The number of ether oxygens (including phenoxy) is 2. The molecule has 6 N–H and O–H groups in total. The summed E-state index contributed by atoms with van der Waals surface area (Å²) in [6.07, 6.45) is 14.3. The molecular weight excluding hydrogens is 817 g/mol. The van der Waals surface area contributed by atoms with E-state index in [0.29, 0.717) is 71.0 Å². The molecule has 0 aromatic heterocycles. The van der Waals surface area contributed by atoms with Crippen LogP contribution >= 0.6 is 12.2 Å². The summed E-state index contributed by atoms with van der Waals surface area (Å²) in [6.45, 7) is 18.5. The molecule has 0 fully saturated rings. The predicted octanol–water partition coefficient (Wildman–Crippen LogP) is 9.62. The van der Waals surface area contributed by atoms with E-state index in [1.54, 1.807) is 6.07 Å². The second kappa shape index (κ2) is 20.9. The number of carbonyl (C=O) groups is 2. The number of carboxylic acids is 1. The van der Waals surface area contributed by atoms with E-state index in [-0.39, 0.29) is 42.9 Å². The van der Waals surface area contributed by atoms with Gasteiger partial charge in [0.25, 0.3) is 5.91 Å². The van der Waals surface area contributed by atoms with Crippen molar-refractivity contribution in [3.63, 3.8) is 0 Å². The first kappa shape index (κ1) is 49.4. The monoisotopic (exact) mass is 886 g/mol. The normalized spacial score (nSPS) is 22.3. The Labute approximate surface area is 379 Å². The van der Waals surface area contributed by atoms with Crippen LogP contribution in [0, 0.1) is 6.92 Å². The van der Waals surface area contributed by atoms with E-state index >= 15 is 0 Å². The molecular formula is C51H70N2O9S.